The van der Waals surface area contributed by atoms with Crippen molar-refractivity contribution in [1.29, 1.82) is 0 Å². The number of imidazole rings is 1. The summed E-state index contributed by atoms with van der Waals surface area (Å²) in [6, 6.07) is 11.5. The Kier molecular flexibility index (Phi) is 6.00. The van der Waals surface area contributed by atoms with Gasteiger partial charge in [-0.2, -0.15) is 0 Å². The molecule has 1 aromatic heterocycles. The molecule has 0 radical (unpaired) electrons. The molecule has 3 aromatic rings. The lowest BCUT2D eigenvalue weighted by atomic mass is 9.93. The van der Waals surface area contributed by atoms with E-state index in [1.165, 1.54) is 0 Å². The molecule has 7 heteroatoms. The van der Waals surface area contributed by atoms with E-state index in [9.17, 15) is 0 Å². The second-order valence-corrected chi connectivity index (χ2v) is 8.65. The van der Waals surface area contributed by atoms with Crippen LogP contribution < -0.4 is 0 Å². The zero-order valence-corrected chi connectivity index (χ0v) is 17.4. The Hall–Kier alpha value is -1.17. The summed E-state index contributed by atoms with van der Waals surface area (Å²) in [5, 5.41) is 1.99. The van der Waals surface area contributed by atoms with Crippen LogP contribution in [0, 0.1) is 5.92 Å². The van der Waals surface area contributed by atoms with Gasteiger partial charge in [0, 0.05) is 51.0 Å². The third-order valence-corrected chi connectivity index (χ3v) is 7.13. The number of H-pyrrole nitrogens is 1. The van der Waals surface area contributed by atoms with Gasteiger partial charge < -0.3 is 9.72 Å². The molecule has 1 aliphatic rings. The molecule has 27 heavy (non-hydrogen) atoms. The van der Waals surface area contributed by atoms with Crippen LogP contribution in [0.1, 0.15) is 23.1 Å². The molecular formula is C20H17Cl3N2OS. The summed E-state index contributed by atoms with van der Waals surface area (Å²) in [4.78, 5) is 8.65. The van der Waals surface area contributed by atoms with Crippen molar-refractivity contribution in [3.05, 3.63) is 80.8 Å². The molecule has 0 unspecified atom stereocenters. The quantitative estimate of drug-likeness (QED) is 0.487. The van der Waals surface area contributed by atoms with Crippen LogP contribution >= 0.6 is 46.6 Å². The van der Waals surface area contributed by atoms with E-state index >= 15 is 0 Å². The van der Waals surface area contributed by atoms with Gasteiger partial charge in [-0.15, -0.1) is 11.8 Å². The van der Waals surface area contributed by atoms with E-state index in [1.54, 1.807) is 18.0 Å². The highest BCUT2D eigenvalue weighted by Crippen LogP contribution is 2.46. The van der Waals surface area contributed by atoms with Crippen molar-refractivity contribution in [2.75, 3.05) is 5.75 Å². The number of nitrogens with one attached hydrogen (secondary N) is 1. The van der Waals surface area contributed by atoms with Gasteiger partial charge in [-0.25, -0.2) is 4.98 Å². The average Bonchev–Trinajstić information content (AvgIpc) is 3.16. The number of hydrogen-bond acceptors (Lipinski definition) is 3. The molecule has 0 fully saturated rings. The van der Waals surface area contributed by atoms with Gasteiger partial charge in [-0.1, -0.05) is 53.0 Å². The van der Waals surface area contributed by atoms with Crippen molar-refractivity contribution < 1.29 is 4.74 Å². The van der Waals surface area contributed by atoms with Crippen molar-refractivity contribution in [2.45, 2.75) is 24.0 Å². The molecule has 0 amide bonds. The zero-order valence-electron chi connectivity index (χ0n) is 14.3. The Labute approximate surface area is 177 Å². The molecule has 0 saturated carbocycles. The Morgan fingerprint density at radius 3 is 2.56 bits per heavy atom. The van der Waals surface area contributed by atoms with E-state index in [-0.39, 0.29) is 12.0 Å². The Morgan fingerprint density at radius 1 is 1.07 bits per heavy atom. The number of fused-ring (bicyclic) bond motifs is 1. The number of aromatic amines is 1. The molecule has 0 aliphatic carbocycles. The van der Waals surface area contributed by atoms with Crippen molar-refractivity contribution in [3.63, 3.8) is 0 Å². The lowest BCUT2D eigenvalue weighted by molar-refractivity contribution is 0.00183. The minimum atomic E-state index is -0.114. The van der Waals surface area contributed by atoms with Crippen molar-refractivity contribution in [1.82, 2.24) is 9.97 Å². The van der Waals surface area contributed by atoms with Crippen LogP contribution in [0.3, 0.4) is 0 Å². The van der Waals surface area contributed by atoms with Gasteiger partial charge in [0.25, 0.3) is 0 Å². The first-order valence-electron chi connectivity index (χ1n) is 8.57. The smallest absolute Gasteiger partial charge is 0.106 e. The zero-order chi connectivity index (χ0) is 18.8. The molecule has 0 spiro atoms. The standard InChI is InChI=1S/C20H17Cl3N2OS/c21-15-4-2-5-16(22)14(15)10-26-19-12(9-18-24-7-8-25-18)11-27-20-13(19)3-1-6-17(20)23/h1-8,12,19H,9-11H2,(H,24,25)/t12-,19-/m0/s1. The summed E-state index contributed by atoms with van der Waals surface area (Å²) in [7, 11) is 0. The van der Waals surface area contributed by atoms with E-state index in [1.807, 2.05) is 36.5 Å². The summed E-state index contributed by atoms with van der Waals surface area (Å²) in [5.41, 5.74) is 1.91. The molecule has 1 aliphatic heterocycles. The average molecular weight is 440 g/mol. The van der Waals surface area contributed by atoms with Gasteiger partial charge in [0.05, 0.1) is 17.7 Å². The molecule has 4 rings (SSSR count). The number of thioether (sulfide) groups is 1. The summed E-state index contributed by atoms with van der Waals surface area (Å²) in [5.74, 6) is 2.11. The van der Waals surface area contributed by atoms with Crippen LogP contribution in [0.5, 0.6) is 0 Å². The Morgan fingerprint density at radius 2 is 1.81 bits per heavy atom. The normalized spacial score (nSPS) is 19.1. The second-order valence-electron chi connectivity index (χ2n) is 6.40. The fourth-order valence-electron chi connectivity index (χ4n) is 3.33. The predicted octanol–water partition coefficient (Wildman–Crippen LogP) is 6.59. The van der Waals surface area contributed by atoms with Gasteiger partial charge in [0.2, 0.25) is 0 Å². The van der Waals surface area contributed by atoms with Crippen LogP contribution in [0.4, 0.5) is 0 Å². The summed E-state index contributed by atoms with van der Waals surface area (Å²) in [6.45, 7) is 0.342. The fourth-order valence-corrected chi connectivity index (χ4v) is 5.41. The maximum Gasteiger partial charge on any atom is 0.106 e. The SMILES string of the molecule is Clc1cccc(Cl)c1CO[C@@H]1c2cccc(Cl)c2SC[C@@H]1Cc1ncc[nH]1. The van der Waals surface area contributed by atoms with Crippen LogP contribution in [0.25, 0.3) is 0 Å². The maximum absolute atomic E-state index is 6.43. The summed E-state index contributed by atoms with van der Waals surface area (Å²) >= 11 is 20.8. The first kappa shape index (κ1) is 19.2. The van der Waals surface area contributed by atoms with Crippen LogP contribution in [0.2, 0.25) is 15.1 Å². The minimum Gasteiger partial charge on any atom is -0.368 e. The van der Waals surface area contributed by atoms with Gasteiger partial charge in [0.1, 0.15) is 5.82 Å². The minimum absolute atomic E-state index is 0.114. The van der Waals surface area contributed by atoms with Gasteiger partial charge in [-0.3, -0.25) is 0 Å². The number of aromatic nitrogens is 2. The number of nitrogens with zero attached hydrogens (tertiary/aromatic N) is 1. The lowest BCUT2D eigenvalue weighted by Gasteiger charge is -2.33. The first-order chi connectivity index (χ1) is 13.1. The fraction of sp³-hybridized carbons (Fsp3) is 0.250. The van der Waals surface area contributed by atoms with Gasteiger partial charge >= 0.3 is 0 Å². The molecule has 2 heterocycles. The topological polar surface area (TPSA) is 37.9 Å². The number of benzene rings is 2. The molecule has 140 valence electrons. The molecule has 2 atom stereocenters. The largest absolute Gasteiger partial charge is 0.368 e. The van der Waals surface area contributed by atoms with Crippen LogP contribution in [0.15, 0.2) is 53.7 Å². The van der Waals surface area contributed by atoms with E-state index in [0.29, 0.717) is 16.7 Å². The van der Waals surface area contributed by atoms with Gasteiger partial charge in [-0.05, 0) is 23.8 Å². The van der Waals surface area contributed by atoms with E-state index in [2.05, 4.69) is 16.0 Å². The Bertz CT molecular complexity index is 913. The van der Waals surface area contributed by atoms with Crippen LogP contribution in [-0.2, 0) is 17.8 Å². The lowest BCUT2D eigenvalue weighted by Crippen LogP contribution is -2.25. The molecule has 1 N–H and O–H groups in total. The maximum atomic E-state index is 6.43. The van der Waals surface area contributed by atoms with Crippen molar-refractivity contribution in [2.24, 2.45) is 5.92 Å². The molecule has 0 saturated heterocycles. The highest BCUT2D eigenvalue weighted by Gasteiger charge is 2.33. The third-order valence-electron chi connectivity index (χ3n) is 4.65. The molecular weight excluding hydrogens is 423 g/mol. The number of rotatable bonds is 5. The van der Waals surface area contributed by atoms with Crippen molar-refractivity contribution >= 4 is 46.6 Å². The van der Waals surface area contributed by atoms with E-state index in [0.717, 1.165) is 39.0 Å². The van der Waals surface area contributed by atoms with Crippen LogP contribution in [-0.4, -0.2) is 15.7 Å². The van der Waals surface area contributed by atoms with Crippen molar-refractivity contribution in [3.8, 4) is 0 Å². The molecule has 0 bridgehead atoms. The number of halogens is 3. The summed E-state index contributed by atoms with van der Waals surface area (Å²) < 4.78 is 6.39. The first-order valence-corrected chi connectivity index (χ1v) is 10.7. The highest BCUT2D eigenvalue weighted by molar-refractivity contribution is 7.99. The Balaban J connectivity index is 1.63. The number of ether oxygens (including phenoxy) is 1. The van der Waals surface area contributed by atoms with E-state index in [4.69, 9.17) is 39.5 Å². The number of hydrogen-bond donors (Lipinski definition) is 1. The predicted molar refractivity (Wildman–Crippen MR) is 112 cm³/mol. The monoisotopic (exact) mass is 438 g/mol. The molecule has 2 aromatic carbocycles. The second kappa shape index (κ2) is 8.46. The van der Waals surface area contributed by atoms with Gasteiger partial charge in [0.15, 0.2) is 0 Å². The molecule has 3 nitrogen and oxygen atoms in total. The van der Waals surface area contributed by atoms with E-state index < -0.39 is 0 Å². The third kappa shape index (κ3) is 4.15. The highest BCUT2D eigenvalue weighted by atomic mass is 35.5. The summed E-state index contributed by atoms with van der Waals surface area (Å²) in [6.07, 6.45) is 4.30.